The maximum atomic E-state index is 6.33. The van der Waals surface area contributed by atoms with E-state index in [0.29, 0.717) is 12.6 Å². The van der Waals surface area contributed by atoms with Crippen LogP contribution < -0.4 is 10.6 Å². The first-order chi connectivity index (χ1) is 8.63. The summed E-state index contributed by atoms with van der Waals surface area (Å²) >= 11 is 6.33. The summed E-state index contributed by atoms with van der Waals surface area (Å²) in [5.41, 5.74) is 8.21. The van der Waals surface area contributed by atoms with Crippen LogP contribution in [-0.2, 0) is 6.42 Å². The van der Waals surface area contributed by atoms with Crippen LogP contribution in [0.2, 0.25) is 5.02 Å². The molecule has 1 heterocycles. The molecule has 2 nitrogen and oxygen atoms in total. The molecule has 1 aliphatic rings. The second kappa shape index (κ2) is 5.94. The summed E-state index contributed by atoms with van der Waals surface area (Å²) in [5, 5.41) is 0.850. The number of benzene rings is 1. The lowest BCUT2D eigenvalue weighted by Gasteiger charge is -2.39. The fourth-order valence-corrected chi connectivity index (χ4v) is 3.10. The van der Waals surface area contributed by atoms with Gasteiger partial charge in [-0.3, -0.25) is 0 Å². The van der Waals surface area contributed by atoms with Crippen LogP contribution in [0.15, 0.2) is 18.2 Å². The van der Waals surface area contributed by atoms with Crippen molar-refractivity contribution in [3.05, 3.63) is 28.8 Å². The third-order valence-electron chi connectivity index (χ3n) is 3.92. The molecule has 0 bridgehead atoms. The SMILES string of the molecule is CC1CCC(C)N(c2cccc(Cl)c2CCN)C1. The molecule has 2 rings (SSSR count). The van der Waals surface area contributed by atoms with Crippen LogP contribution in [0.25, 0.3) is 0 Å². The van der Waals surface area contributed by atoms with Crippen LogP contribution in [0.1, 0.15) is 32.3 Å². The van der Waals surface area contributed by atoms with E-state index < -0.39 is 0 Å². The zero-order chi connectivity index (χ0) is 13.1. The number of nitrogens with two attached hydrogens (primary N) is 1. The fourth-order valence-electron chi connectivity index (χ4n) is 2.83. The molecule has 1 aliphatic heterocycles. The van der Waals surface area contributed by atoms with E-state index in [1.165, 1.54) is 24.1 Å². The van der Waals surface area contributed by atoms with Crippen molar-refractivity contribution in [2.24, 2.45) is 11.7 Å². The highest BCUT2D eigenvalue weighted by Gasteiger charge is 2.25. The molecule has 100 valence electrons. The predicted molar refractivity (Wildman–Crippen MR) is 79.4 cm³/mol. The van der Waals surface area contributed by atoms with Crippen LogP contribution >= 0.6 is 11.6 Å². The lowest BCUT2D eigenvalue weighted by Crippen LogP contribution is -2.41. The van der Waals surface area contributed by atoms with Crippen molar-refractivity contribution in [1.29, 1.82) is 0 Å². The molecule has 1 aromatic carbocycles. The first-order valence-electron chi connectivity index (χ1n) is 6.87. The van der Waals surface area contributed by atoms with Crippen LogP contribution in [0.5, 0.6) is 0 Å². The van der Waals surface area contributed by atoms with Gasteiger partial charge in [-0.2, -0.15) is 0 Å². The van der Waals surface area contributed by atoms with Crippen LogP contribution in [-0.4, -0.2) is 19.1 Å². The summed E-state index contributed by atoms with van der Waals surface area (Å²) in [4.78, 5) is 2.50. The van der Waals surface area contributed by atoms with Crippen LogP contribution in [0, 0.1) is 5.92 Å². The summed E-state index contributed by atoms with van der Waals surface area (Å²) < 4.78 is 0. The summed E-state index contributed by atoms with van der Waals surface area (Å²) in [7, 11) is 0. The van der Waals surface area contributed by atoms with Crippen molar-refractivity contribution in [3.63, 3.8) is 0 Å². The Hall–Kier alpha value is -0.730. The zero-order valence-electron chi connectivity index (χ0n) is 11.3. The van der Waals surface area contributed by atoms with Gasteiger partial charge in [-0.05, 0) is 56.3 Å². The van der Waals surface area contributed by atoms with E-state index in [1.807, 2.05) is 12.1 Å². The Kier molecular flexibility index (Phi) is 4.52. The van der Waals surface area contributed by atoms with E-state index in [9.17, 15) is 0 Å². The summed E-state index contributed by atoms with van der Waals surface area (Å²) in [6.07, 6.45) is 3.44. The molecule has 1 saturated heterocycles. The largest absolute Gasteiger partial charge is 0.368 e. The zero-order valence-corrected chi connectivity index (χ0v) is 12.1. The number of hydrogen-bond acceptors (Lipinski definition) is 2. The molecule has 1 fully saturated rings. The monoisotopic (exact) mass is 266 g/mol. The average Bonchev–Trinajstić information content (AvgIpc) is 2.35. The Morgan fingerprint density at radius 2 is 2.11 bits per heavy atom. The summed E-state index contributed by atoms with van der Waals surface area (Å²) in [6, 6.07) is 6.79. The highest BCUT2D eigenvalue weighted by Crippen LogP contribution is 2.33. The molecule has 0 spiro atoms. The smallest absolute Gasteiger partial charge is 0.0459 e. The van der Waals surface area contributed by atoms with E-state index in [1.54, 1.807) is 0 Å². The summed E-state index contributed by atoms with van der Waals surface area (Å²) in [5.74, 6) is 0.755. The van der Waals surface area contributed by atoms with Gasteiger partial charge >= 0.3 is 0 Å². The molecule has 18 heavy (non-hydrogen) atoms. The second-order valence-electron chi connectivity index (χ2n) is 5.46. The van der Waals surface area contributed by atoms with Gasteiger partial charge in [0, 0.05) is 23.3 Å². The lowest BCUT2D eigenvalue weighted by atomic mass is 9.93. The van der Waals surface area contributed by atoms with E-state index in [4.69, 9.17) is 17.3 Å². The molecule has 0 amide bonds. The van der Waals surface area contributed by atoms with Gasteiger partial charge in [0.2, 0.25) is 0 Å². The normalized spacial score (nSPS) is 24.3. The molecule has 2 atom stereocenters. The molecule has 1 aromatic rings. The number of rotatable bonds is 3. The van der Waals surface area contributed by atoms with Gasteiger partial charge in [-0.15, -0.1) is 0 Å². The minimum Gasteiger partial charge on any atom is -0.368 e. The fraction of sp³-hybridized carbons (Fsp3) is 0.600. The van der Waals surface area contributed by atoms with Crippen molar-refractivity contribution in [1.82, 2.24) is 0 Å². The molecular formula is C15H23ClN2. The van der Waals surface area contributed by atoms with E-state index >= 15 is 0 Å². The Balaban J connectivity index is 2.33. The maximum Gasteiger partial charge on any atom is 0.0459 e. The highest BCUT2D eigenvalue weighted by molar-refractivity contribution is 6.31. The second-order valence-corrected chi connectivity index (χ2v) is 5.87. The minimum absolute atomic E-state index is 0.594. The van der Waals surface area contributed by atoms with Crippen molar-refractivity contribution in [2.75, 3.05) is 18.0 Å². The van der Waals surface area contributed by atoms with Crippen LogP contribution in [0.3, 0.4) is 0 Å². The topological polar surface area (TPSA) is 29.3 Å². The molecule has 2 unspecified atom stereocenters. The van der Waals surface area contributed by atoms with Crippen molar-refractivity contribution < 1.29 is 0 Å². The number of hydrogen-bond donors (Lipinski definition) is 1. The minimum atomic E-state index is 0.594. The van der Waals surface area contributed by atoms with Crippen molar-refractivity contribution >= 4 is 17.3 Å². The van der Waals surface area contributed by atoms with Crippen LogP contribution in [0.4, 0.5) is 5.69 Å². The van der Waals surface area contributed by atoms with E-state index in [0.717, 1.165) is 23.9 Å². The Labute approximate surface area is 115 Å². The first-order valence-corrected chi connectivity index (χ1v) is 7.25. The maximum absolute atomic E-state index is 6.33. The predicted octanol–water partition coefficient (Wildman–Crippen LogP) is 3.47. The van der Waals surface area contributed by atoms with Gasteiger partial charge in [0.25, 0.3) is 0 Å². The molecule has 0 radical (unpaired) electrons. The van der Waals surface area contributed by atoms with Gasteiger partial charge in [-0.1, -0.05) is 24.6 Å². The third kappa shape index (κ3) is 2.81. The number of anilines is 1. The Morgan fingerprint density at radius 3 is 2.83 bits per heavy atom. The molecule has 3 heteroatoms. The van der Waals surface area contributed by atoms with Gasteiger partial charge in [0.1, 0.15) is 0 Å². The Morgan fingerprint density at radius 1 is 1.33 bits per heavy atom. The van der Waals surface area contributed by atoms with Gasteiger partial charge in [-0.25, -0.2) is 0 Å². The van der Waals surface area contributed by atoms with E-state index in [2.05, 4.69) is 24.8 Å². The lowest BCUT2D eigenvalue weighted by molar-refractivity contribution is 0.390. The molecule has 0 aliphatic carbocycles. The number of piperidine rings is 1. The van der Waals surface area contributed by atoms with Gasteiger partial charge < -0.3 is 10.6 Å². The first kappa shape index (κ1) is 13.7. The highest BCUT2D eigenvalue weighted by atomic mass is 35.5. The van der Waals surface area contributed by atoms with Gasteiger partial charge in [0.05, 0.1) is 0 Å². The molecule has 2 N–H and O–H groups in total. The van der Waals surface area contributed by atoms with Crippen molar-refractivity contribution in [3.8, 4) is 0 Å². The average molecular weight is 267 g/mol. The summed E-state index contributed by atoms with van der Waals surface area (Å²) in [6.45, 7) is 6.40. The third-order valence-corrected chi connectivity index (χ3v) is 4.27. The van der Waals surface area contributed by atoms with E-state index in [-0.39, 0.29) is 0 Å². The molecule has 0 saturated carbocycles. The number of halogens is 1. The molecular weight excluding hydrogens is 244 g/mol. The molecule has 0 aromatic heterocycles. The standard InChI is InChI=1S/C15H23ClN2/c1-11-6-7-12(2)18(10-11)15-5-3-4-14(16)13(15)8-9-17/h3-5,11-12H,6-10,17H2,1-2H3. The number of nitrogens with zero attached hydrogens (tertiary/aromatic N) is 1. The van der Waals surface area contributed by atoms with Crippen molar-refractivity contribution in [2.45, 2.75) is 39.2 Å². The Bertz CT molecular complexity index is 405. The van der Waals surface area contributed by atoms with Gasteiger partial charge in [0.15, 0.2) is 0 Å². The quantitative estimate of drug-likeness (QED) is 0.908.